The lowest BCUT2D eigenvalue weighted by atomic mass is 10.1. The number of rotatable bonds is 4. The van der Waals surface area contributed by atoms with E-state index < -0.39 is 0 Å². The summed E-state index contributed by atoms with van der Waals surface area (Å²) >= 11 is 0. The molecule has 3 nitrogen and oxygen atoms in total. The van der Waals surface area contributed by atoms with Crippen molar-refractivity contribution in [2.75, 3.05) is 0 Å². The maximum absolute atomic E-state index is 4.74. The summed E-state index contributed by atoms with van der Waals surface area (Å²) in [5.41, 5.74) is 4.21. The Balaban J connectivity index is 1.99. The summed E-state index contributed by atoms with van der Waals surface area (Å²) in [5, 5.41) is 0. The third kappa shape index (κ3) is 4.61. The van der Waals surface area contributed by atoms with Crippen LogP contribution in [0.1, 0.15) is 22.3 Å². The topological polar surface area (TPSA) is 37.1 Å². The van der Waals surface area contributed by atoms with Crippen molar-refractivity contribution in [3.05, 3.63) is 107 Å². The van der Waals surface area contributed by atoms with Crippen LogP contribution in [0.15, 0.2) is 99.9 Å². The fraction of sp³-hybridized carbons (Fsp3) is 0.0870. The van der Waals surface area contributed by atoms with E-state index in [1.165, 1.54) is 5.56 Å². The fourth-order valence-corrected chi connectivity index (χ4v) is 2.52. The van der Waals surface area contributed by atoms with Crippen molar-refractivity contribution in [2.24, 2.45) is 15.0 Å². The quantitative estimate of drug-likeness (QED) is 0.469. The van der Waals surface area contributed by atoms with Crippen LogP contribution >= 0.6 is 0 Å². The molecule has 0 bridgehead atoms. The average Bonchev–Trinajstić information content (AvgIpc) is 2.70. The van der Waals surface area contributed by atoms with Gasteiger partial charge in [-0.25, -0.2) is 9.98 Å². The number of aliphatic imine (C=N–C) groups is 3. The maximum Gasteiger partial charge on any atom is 0.161 e. The van der Waals surface area contributed by atoms with Crippen LogP contribution in [0, 0.1) is 6.92 Å². The third-order valence-corrected chi connectivity index (χ3v) is 3.96. The van der Waals surface area contributed by atoms with Gasteiger partial charge in [0.15, 0.2) is 11.7 Å². The van der Waals surface area contributed by atoms with Crippen molar-refractivity contribution in [3.63, 3.8) is 0 Å². The molecule has 3 aromatic rings. The lowest BCUT2D eigenvalue weighted by Gasteiger charge is -2.06. The Morgan fingerprint density at radius 1 is 0.731 bits per heavy atom. The molecular weight excluding hydrogens is 318 g/mol. The first-order chi connectivity index (χ1) is 12.8. The molecule has 0 atom stereocenters. The van der Waals surface area contributed by atoms with E-state index in [0.717, 1.165) is 16.7 Å². The molecule has 3 rings (SSSR count). The van der Waals surface area contributed by atoms with Crippen molar-refractivity contribution < 1.29 is 0 Å². The van der Waals surface area contributed by atoms with Crippen molar-refractivity contribution in [2.45, 2.75) is 13.5 Å². The Labute approximate surface area is 154 Å². The van der Waals surface area contributed by atoms with Gasteiger partial charge in [-0.1, -0.05) is 90.5 Å². The Morgan fingerprint density at radius 2 is 1.31 bits per heavy atom. The van der Waals surface area contributed by atoms with Crippen LogP contribution in [-0.4, -0.2) is 18.4 Å². The summed E-state index contributed by atoms with van der Waals surface area (Å²) in [7, 11) is 0. The highest BCUT2D eigenvalue weighted by atomic mass is 15.0. The maximum atomic E-state index is 4.74. The molecule has 3 heteroatoms. The summed E-state index contributed by atoms with van der Waals surface area (Å²) in [6.07, 6.45) is 0. The Hall–Kier alpha value is -3.33. The second-order valence-corrected chi connectivity index (χ2v) is 5.95. The minimum absolute atomic E-state index is 0.562. The molecule has 0 unspecified atom stereocenters. The van der Waals surface area contributed by atoms with Crippen LogP contribution in [-0.2, 0) is 6.54 Å². The number of hydrogen-bond donors (Lipinski definition) is 0. The lowest BCUT2D eigenvalue weighted by molar-refractivity contribution is 1.06. The number of nitrogens with zero attached hydrogens (tertiary/aromatic N) is 3. The average molecular weight is 339 g/mol. The highest BCUT2D eigenvalue weighted by Crippen LogP contribution is 2.11. The molecule has 3 aromatic carbocycles. The molecule has 0 heterocycles. The molecule has 0 aliphatic heterocycles. The molecule has 26 heavy (non-hydrogen) atoms. The monoisotopic (exact) mass is 339 g/mol. The van der Waals surface area contributed by atoms with E-state index in [0.29, 0.717) is 18.2 Å². The molecule has 0 saturated carbocycles. The third-order valence-electron chi connectivity index (χ3n) is 3.96. The van der Waals surface area contributed by atoms with Gasteiger partial charge in [0.05, 0.1) is 6.54 Å². The molecule has 0 N–H and O–H groups in total. The lowest BCUT2D eigenvalue weighted by Crippen LogP contribution is -2.05. The van der Waals surface area contributed by atoms with E-state index in [1.54, 1.807) is 0 Å². The van der Waals surface area contributed by atoms with Gasteiger partial charge in [0.2, 0.25) is 0 Å². The first kappa shape index (κ1) is 17.5. The predicted molar refractivity (Wildman–Crippen MR) is 110 cm³/mol. The van der Waals surface area contributed by atoms with Gasteiger partial charge in [-0.05, 0) is 19.2 Å². The summed E-state index contributed by atoms with van der Waals surface area (Å²) in [5.74, 6) is 1.22. The molecule has 128 valence electrons. The van der Waals surface area contributed by atoms with Gasteiger partial charge >= 0.3 is 0 Å². The predicted octanol–water partition coefficient (Wildman–Crippen LogP) is 5.09. The molecule has 0 fully saturated rings. The van der Waals surface area contributed by atoms with Crippen LogP contribution in [0.4, 0.5) is 0 Å². The van der Waals surface area contributed by atoms with E-state index in [9.17, 15) is 0 Å². The largest absolute Gasteiger partial charge is 0.261 e. The van der Waals surface area contributed by atoms with Gasteiger partial charge in [0.25, 0.3) is 0 Å². The zero-order valence-corrected chi connectivity index (χ0v) is 14.8. The summed E-state index contributed by atoms with van der Waals surface area (Å²) in [6, 6.07) is 28.2. The van der Waals surface area contributed by atoms with Gasteiger partial charge in [0, 0.05) is 11.1 Å². The zero-order chi connectivity index (χ0) is 18.2. The van der Waals surface area contributed by atoms with E-state index >= 15 is 0 Å². The van der Waals surface area contributed by atoms with Crippen molar-refractivity contribution in [1.29, 1.82) is 0 Å². The van der Waals surface area contributed by atoms with E-state index in [2.05, 4.69) is 30.8 Å². The summed E-state index contributed by atoms with van der Waals surface area (Å²) in [6.45, 7) is 6.31. The second kappa shape index (κ2) is 8.67. The van der Waals surface area contributed by atoms with Gasteiger partial charge in [0.1, 0.15) is 0 Å². The van der Waals surface area contributed by atoms with Crippen LogP contribution in [0.3, 0.4) is 0 Å². The van der Waals surface area contributed by atoms with Gasteiger partial charge in [-0.3, -0.25) is 4.99 Å². The van der Waals surface area contributed by atoms with Gasteiger partial charge in [-0.15, -0.1) is 0 Å². The Kier molecular flexibility index (Phi) is 5.84. The molecule has 0 amide bonds. The standard InChI is InChI=1S/C23H21N3/c1-18-13-15-21(16-14-18)22(24-2)26-23(20-11-7-4-8-12-20)25-17-19-9-5-3-6-10-19/h3-16H,2,17H2,1H3. The Bertz CT molecular complexity index is 909. The molecule has 0 aliphatic carbocycles. The van der Waals surface area contributed by atoms with Crippen LogP contribution in [0.25, 0.3) is 0 Å². The summed E-state index contributed by atoms with van der Waals surface area (Å²) < 4.78 is 0. The molecule has 0 spiro atoms. The number of aryl methyl sites for hydroxylation is 1. The minimum Gasteiger partial charge on any atom is -0.261 e. The van der Waals surface area contributed by atoms with E-state index in [4.69, 9.17) is 9.98 Å². The van der Waals surface area contributed by atoms with Crippen LogP contribution in [0.5, 0.6) is 0 Å². The Morgan fingerprint density at radius 3 is 1.92 bits per heavy atom. The SMILES string of the molecule is C=NC(=NC(=NCc1ccccc1)c1ccccc1)c1ccc(C)cc1. The number of benzene rings is 3. The zero-order valence-electron chi connectivity index (χ0n) is 14.8. The first-order valence-corrected chi connectivity index (χ1v) is 8.52. The van der Waals surface area contributed by atoms with Crippen molar-refractivity contribution in [3.8, 4) is 0 Å². The van der Waals surface area contributed by atoms with Gasteiger partial charge in [-0.2, -0.15) is 0 Å². The molecule has 0 radical (unpaired) electrons. The minimum atomic E-state index is 0.562. The van der Waals surface area contributed by atoms with Crippen molar-refractivity contribution in [1.82, 2.24) is 0 Å². The molecule has 0 saturated heterocycles. The molecule has 0 aliphatic rings. The first-order valence-electron chi connectivity index (χ1n) is 8.52. The highest BCUT2D eigenvalue weighted by Gasteiger charge is 2.06. The number of hydrogen-bond acceptors (Lipinski definition) is 1. The molecular formula is C23H21N3. The fourth-order valence-electron chi connectivity index (χ4n) is 2.52. The normalized spacial score (nSPS) is 12.0. The van der Waals surface area contributed by atoms with Crippen molar-refractivity contribution >= 4 is 18.4 Å². The summed E-state index contributed by atoms with van der Waals surface area (Å²) in [4.78, 5) is 13.6. The second-order valence-electron chi connectivity index (χ2n) is 5.95. The smallest absolute Gasteiger partial charge is 0.161 e. The van der Waals surface area contributed by atoms with E-state index in [1.807, 2.05) is 72.8 Å². The van der Waals surface area contributed by atoms with Gasteiger partial charge < -0.3 is 0 Å². The van der Waals surface area contributed by atoms with E-state index in [-0.39, 0.29) is 0 Å². The highest BCUT2D eigenvalue weighted by molar-refractivity contribution is 6.12. The van der Waals surface area contributed by atoms with Crippen LogP contribution in [0.2, 0.25) is 0 Å². The number of amidine groups is 2. The molecule has 0 aromatic heterocycles. The van der Waals surface area contributed by atoms with Crippen LogP contribution < -0.4 is 0 Å².